The van der Waals surface area contributed by atoms with E-state index in [2.05, 4.69) is 57.2 Å². The highest BCUT2D eigenvalue weighted by molar-refractivity contribution is 6.68. The van der Waals surface area contributed by atoms with Gasteiger partial charge in [-0.25, -0.2) is 0 Å². The highest BCUT2D eigenvalue weighted by Gasteiger charge is 2.49. The Morgan fingerprint density at radius 1 is 0.407 bits per heavy atom. The summed E-state index contributed by atoms with van der Waals surface area (Å²) in [6.45, 7) is 6.50. The van der Waals surface area contributed by atoms with Gasteiger partial charge in [-0.05, 0) is 94.8 Å². The fourth-order valence-corrected chi connectivity index (χ4v) is 8.87. The third-order valence-corrected chi connectivity index (χ3v) is 12.5. The third kappa shape index (κ3) is 12.3. The van der Waals surface area contributed by atoms with Crippen LogP contribution in [0.2, 0.25) is 0 Å². The molecule has 6 aromatic carbocycles. The smallest absolute Gasteiger partial charge is 0.201 e. The highest BCUT2D eigenvalue weighted by atomic mass is 35.6. The van der Waals surface area contributed by atoms with Crippen molar-refractivity contribution in [3.8, 4) is 23.0 Å². The molecule has 0 heterocycles. The van der Waals surface area contributed by atoms with Crippen LogP contribution in [0.15, 0.2) is 158 Å². The summed E-state index contributed by atoms with van der Waals surface area (Å²) in [5.41, 5.74) is 6.22. The average Bonchev–Trinajstić information content (AvgIpc) is 3.28. The summed E-state index contributed by atoms with van der Waals surface area (Å²) in [6.07, 6.45) is 1.77. The Hall–Kier alpha value is -4.03. The van der Waals surface area contributed by atoms with Crippen molar-refractivity contribution in [2.75, 3.05) is 28.4 Å². The number of hydrogen-bond acceptors (Lipinski definition) is 4. The number of halogens is 5. The maximum Gasteiger partial charge on any atom is 0.201 e. The molecule has 0 unspecified atom stereocenters. The molecule has 0 N–H and O–H groups in total. The number of hydrogen-bond donors (Lipinski definition) is 0. The number of benzene rings is 6. The second kappa shape index (κ2) is 22.5. The quantitative estimate of drug-likeness (QED) is 0.108. The first-order valence-electron chi connectivity index (χ1n) is 19.4. The van der Waals surface area contributed by atoms with Gasteiger partial charge in [-0.3, -0.25) is 0 Å². The van der Waals surface area contributed by atoms with Gasteiger partial charge < -0.3 is 18.9 Å². The summed E-state index contributed by atoms with van der Waals surface area (Å²) < 4.78 is 18.2. The SMILES string of the molecule is CCC(CC)(c1ccccc1)C(Cl)(Cl)c1ccccc1.COc1ccc(C(C)c2ccc(OC)cc2)cc1.COc1ccc(C(c2ccc(OC)cc2)C(Cl)(Cl)Cl)cc1. The first-order chi connectivity index (χ1) is 28.3. The summed E-state index contributed by atoms with van der Waals surface area (Å²) in [7, 11) is 6.60. The van der Waals surface area contributed by atoms with E-state index in [1.807, 2.05) is 121 Å². The molecule has 312 valence electrons. The lowest BCUT2D eigenvalue weighted by Crippen LogP contribution is -2.40. The molecule has 0 amide bonds. The van der Waals surface area contributed by atoms with Gasteiger partial charge >= 0.3 is 0 Å². The third-order valence-electron chi connectivity index (χ3n) is 10.7. The van der Waals surface area contributed by atoms with Crippen molar-refractivity contribution in [3.63, 3.8) is 0 Å². The maximum absolute atomic E-state index is 6.88. The van der Waals surface area contributed by atoms with Crippen LogP contribution in [0.4, 0.5) is 0 Å². The van der Waals surface area contributed by atoms with E-state index in [4.69, 9.17) is 77.0 Å². The number of methoxy groups -OCH3 is 4. The van der Waals surface area contributed by atoms with Gasteiger partial charge in [0.1, 0.15) is 23.0 Å². The fraction of sp³-hybridized carbons (Fsp3) is 0.280. The van der Waals surface area contributed by atoms with Crippen LogP contribution in [-0.2, 0) is 9.75 Å². The van der Waals surface area contributed by atoms with E-state index in [-0.39, 0.29) is 11.3 Å². The Kier molecular flexibility index (Phi) is 18.2. The minimum atomic E-state index is -1.46. The molecule has 0 saturated carbocycles. The molecule has 0 aliphatic heterocycles. The van der Waals surface area contributed by atoms with Gasteiger partial charge in [0.2, 0.25) is 3.79 Å². The van der Waals surface area contributed by atoms with E-state index in [0.29, 0.717) is 5.92 Å². The van der Waals surface area contributed by atoms with Crippen molar-refractivity contribution in [2.45, 2.75) is 59.0 Å². The molecule has 6 aromatic rings. The summed E-state index contributed by atoms with van der Waals surface area (Å²) in [4.78, 5) is 0. The zero-order valence-electron chi connectivity index (χ0n) is 34.6. The second-order valence-corrected chi connectivity index (χ2v) is 17.6. The van der Waals surface area contributed by atoms with Crippen molar-refractivity contribution in [3.05, 3.63) is 191 Å². The molecule has 0 atom stereocenters. The Bertz CT molecular complexity index is 1990. The molecule has 0 saturated heterocycles. The zero-order valence-corrected chi connectivity index (χ0v) is 38.4. The fourth-order valence-electron chi connectivity index (χ4n) is 7.11. The van der Waals surface area contributed by atoms with Crippen molar-refractivity contribution >= 4 is 58.0 Å². The van der Waals surface area contributed by atoms with Crippen LogP contribution in [0.25, 0.3) is 0 Å². The molecule has 0 radical (unpaired) electrons. The van der Waals surface area contributed by atoms with Crippen LogP contribution >= 0.6 is 58.0 Å². The van der Waals surface area contributed by atoms with E-state index in [1.165, 1.54) is 16.7 Å². The predicted molar refractivity (Wildman–Crippen MR) is 250 cm³/mol. The number of ether oxygens (including phenoxy) is 4. The van der Waals surface area contributed by atoms with Crippen LogP contribution in [0.3, 0.4) is 0 Å². The minimum absolute atomic E-state index is 0.293. The van der Waals surface area contributed by atoms with Crippen LogP contribution < -0.4 is 18.9 Å². The van der Waals surface area contributed by atoms with Gasteiger partial charge in [0.15, 0.2) is 4.33 Å². The normalized spacial score (nSPS) is 11.5. The van der Waals surface area contributed by atoms with Gasteiger partial charge in [0, 0.05) is 11.3 Å². The topological polar surface area (TPSA) is 36.9 Å². The van der Waals surface area contributed by atoms with Crippen molar-refractivity contribution < 1.29 is 18.9 Å². The Morgan fingerprint density at radius 2 is 0.695 bits per heavy atom. The van der Waals surface area contributed by atoms with Crippen molar-refractivity contribution in [1.82, 2.24) is 0 Å². The molecular formula is C50H53Cl5O4. The maximum atomic E-state index is 6.88. The summed E-state index contributed by atoms with van der Waals surface area (Å²) >= 11 is 32.3. The summed E-state index contributed by atoms with van der Waals surface area (Å²) in [5.74, 6) is 3.29. The Labute approximate surface area is 376 Å². The van der Waals surface area contributed by atoms with Crippen LogP contribution in [-0.4, -0.2) is 32.2 Å². The monoisotopic (exact) mass is 892 g/mol. The average molecular weight is 895 g/mol. The first-order valence-corrected chi connectivity index (χ1v) is 21.3. The molecule has 0 aromatic heterocycles. The summed E-state index contributed by atoms with van der Waals surface area (Å²) in [5, 5.41) is 0. The zero-order chi connectivity index (χ0) is 43.1. The lowest BCUT2D eigenvalue weighted by molar-refractivity contribution is 0.350. The molecular weight excluding hydrogens is 842 g/mol. The van der Waals surface area contributed by atoms with Crippen LogP contribution in [0, 0.1) is 0 Å². The molecule has 0 aliphatic carbocycles. The minimum Gasteiger partial charge on any atom is -0.497 e. The molecule has 6 rings (SSSR count). The van der Waals surface area contributed by atoms with Gasteiger partial charge in [-0.15, -0.1) is 0 Å². The van der Waals surface area contributed by atoms with E-state index in [1.54, 1.807) is 28.4 Å². The van der Waals surface area contributed by atoms with Crippen LogP contribution in [0.5, 0.6) is 23.0 Å². The lowest BCUT2D eigenvalue weighted by Gasteiger charge is -2.43. The van der Waals surface area contributed by atoms with Gasteiger partial charge in [0.05, 0.1) is 34.4 Å². The first kappa shape index (κ1) is 47.6. The van der Waals surface area contributed by atoms with Crippen LogP contribution in [0.1, 0.15) is 78.8 Å². The van der Waals surface area contributed by atoms with Gasteiger partial charge in [0.25, 0.3) is 0 Å². The molecule has 0 bridgehead atoms. The standard InChI is InChI=1S/C18H20Cl2.C16H15Cl3O2.C16H18O2/c1-3-17(4-2,15-11-7-5-8-12-15)18(19,20)16-13-9-6-10-14-16;1-20-13-7-3-11(4-8-13)15(16(17,18)19)12-5-9-14(21-2)10-6-12;1-12(13-4-8-15(17-2)9-5-13)14-6-10-16(18-3)11-7-14/h5-14H,3-4H2,1-2H3;3-10,15H,1-2H3;4-12H,1-3H3. The Balaban J connectivity index is 0.000000196. The van der Waals surface area contributed by atoms with E-state index in [0.717, 1.165) is 52.5 Å². The number of rotatable bonds is 13. The highest BCUT2D eigenvalue weighted by Crippen LogP contribution is 2.54. The van der Waals surface area contributed by atoms with Gasteiger partial charge in [-0.2, -0.15) is 0 Å². The molecule has 0 fully saturated rings. The second-order valence-electron chi connectivity index (χ2n) is 13.9. The van der Waals surface area contributed by atoms with E-state index >= 15 is 0 Å². The Morgan fingerprint density at radius 3 is 0.966 bits per heavy atom. The van der Waals surface area contributed by atoms with E-state index < -0.39 is 8.13 Å². The van der Waals surface area contributed by atoms with Gasteiger partial charge in [-0.1, -0.05) is 188 Å². The predicted octanol–water partition coefficient (Wildman–Crippen LogP) is 15.1. The van der Waals surface area contributed by atoms with Crippen molar-refractivity contribution in [2.24, 2.45) is 0 Å². The molecule has 4 nitrogen and oxygen atoms in total. The molecule has 0 spiro atoms. The van der Waals surface area contributed by atoms with Crippen molar-refractivity contribution in [1.29, 1.82) is 0 Å². The number of alkyl halides is 5. The summed E-state index contributed by atoms with van der Waals surface area (Å²) in [6, 6.07) is 51.7. The molecule has 9 heteroatoms. The largest absolute Gasteiger partial charge is 0.497 e. The molecule has 59 heavy (non-hydrogen) atoms. The molecule has 0 aliphatic rings. The van der Waals surface area contributed by atoms with E-state index in [9.17, 15) is 0 Å². The lowest BCUT2D eigenvalue weighted by atomic mass is 9.70.